The molecule has 1 aromatic heterocycles. The molecule has 0 radical (unpaired) electrons. The Labute approximate surface area is 219 Å². The van der Waals surface area contributed by atoms with Gasteiger partial charge in [0.15, 0.2) is 0 Å². The molecule has 0 bridgehead atoms. The van der Waals surface area contributed by atoms with Gasteiger partial charge < -0.3 is 17.0 Å². The molecule has 0 atom stereocenters. The maximum absolute atomic E-state index is 13.1. The van der Waals surface area contributed by atoms with Crippen molar-refractivity contribution in [2.24, 2.45) is 0 Å². The predicted molar refractivity (Wildman–Crippen MR) is 126 cm³/mol. The molecule has 178 valence electrons. The van der Waals surface area contributed by atoms with Gasteiger partial charge in [0, 0.05) is 44.8 Å². The van der Waals surface area contributed by atoms with Gasteiger partial charge in [-0.15, -0.1) is 4.68 Å². The largest absolute Gasteiger partial charge is 1.00 e. The van der Waals surface area contributed by atoms with E-state index in [2.05, 4.69) is 21.0 Å². The van der Waals surface area contributed by atoms with Crippen LogP contribution in [0, 0.1) is 10.1 Å². The van der Waals surface area contributed by atoms with Crippen LogP contribution in [0.1, 0.15) is 32.7 Å². The van der Waals surface area contributed by atoms with Gasteiger partial charge in [-0.3, -0.25) is 24.6 Å². The first-order chi connectivity index (χ1) is 16.4. The van der Waals surface area contributed by atoms with Crippen LogP contribution < -0.4 is 21.5 Å². The number of nitrogens with zero attached hydrogens (tertiary/aromatic N) is 5. The Morgan fingerprint density at radius 1 is 0.971 bits per heavy atom. The molecular formula is C24H19Br2N5O4. The summed E-state index contributed by atoms with van der Waals surface area (Å²) in [6.07, 6.45) is 4.06. The number of carbonyl (C=O) groups excluding carboxylic acids is 2. The van der Waals surface area contributed by atoms with Gasteiger partial charge in [-0.25, -0.2) is 4.57 Å². The standard InChI is InChI=1S/C24H19BrN5O4.BrH/c25-21-10-9-20-22-18(21)3-1-4-19(22)23(31)29(24(20)32)12-2-11-28-15-27(14-26-28)13-16-5-7-17(8-6-16)30(33)34;/h1,3-10,14-15H,2,11-13H2;1H/q+1;/p-1. The molecule has 0 aliphatic carbocycles. The van der Waals surface area contributed by atoms with Gasteiger partial charge in [-0.1, -0.05) is 28.1 Å². The maximum atomic E-state index is 13.1. The molecule has 0 fully saturated rings. The third kappa shape index (κ3) is 4.73. The van der Waals surface area contributed by atoms with E-state index >= 15 is 0 Å². The van der Waals surface area contributed by atoms with Crippen LogP contribution >= 0.6 is 15.9 Å². The van der Waals surface area contributed by atoms with Crippen molar-refractivity contribution in [3.8, 4) is 0 Å². The molecule has 0 saturated heterocycles. The molecule has 3 aromatic carbocycles. The van der Waals surface area contributed by atoms with Gasteiger partial charge >= 0.3 is 0 Å². The van der Waals surface area contributed by atoms with Gasteiger partial charge in [0.1, 0.15) is 6.54 Å². The number of carbonyl (C=O) groups is 2. The van der Waals surface area contributed by atoms with Crippen molar-refractivity contribution in [1.29, 1.82) is 0 Å². The van der Waals surface area contributed by atoms with Crippen LogP contribution in [0.15, 0.2) is 71.7 Å². The minimum absolute atomic E-state index is 0. The van der Waals surface area contributed by atoms with Crippen molar-refractivity contribution in [3.63, 3.8) is 0 Å². The Balaban J connectivity index is 0.00000289. The Morgan fingerprint density at radius 2 is 1.69 bits per heavy atom. The van der Waals surface area contributed by atoms with Crippen LogP contribution in [-0.4, -0.2) is 38.0 Å². The Bertz CT molecular complexity index is 1430. The zero-order chi connectivity index (χ0) is 23.8. The first-order valence-electron chi connectivity index (χ1n) is 10.6. The smallest absolute Gasteiger partial charge is 0.269 e. The number of aryl methyl sites for hydroxylation is 1. The molecule has 0 spiro atoms. The van der Waals surface area contributed by atoms with Gasteiger partial charge in [0.25, 0.3) is 23.8 Å². The number of benzene rings is 3. The highest BCUT2D eigenvalue weighted by Crippen LogP contribution is 2.34. The molecule has 2 heterocycles. The second kappa shape index (κ2) is 10.0. The van der Waals surface area contributed by atoms with Crippen LogP contribution in [-0.2, 0) is 13.1 Å². The van der Waals surface area contributed by atoms with E-state index in [1.807, 2.05) is 29.1 Å². The molecule has 5 rings (SSSR count). The number of hydrogen-bond donors (Lipinski definition) is 0. The molecule has 0 unspecified atom stereocenters. The zero-order valence-electron chi connectivity index (χ0n) is 18.3. The molecule has 0 saturated carbocycles. The summed E-state index contributed by atoms with van der Waals surface area (Å²) < 4.78 is 4.46. The van der Waals surface area contributed by atoms with Crippen molar-refractivity contribution in [3.05, 3.63) is 98.5 Å². The molecule has 9 nitrogen and oxygen atoms in total. The number of aromatic nitrogens is 3. The monoisotopic (exact) mass is 599 g/mol. The molecule has 4 aromatic rings. The van der Waals surface area contributed by atoms with E-state index in [4.69, 9.17) is 0 Å². The average molecular weight is 601 g/mol. The lowest BCUT2D eigenvalue weighted by atomic mass is 9.94. The van der Waals surface area contributed by atoms with Crippen molar-refractivity contribution >= 4 is 44.2 Å². The van der Waals surface area contributed by atoms with E-state index in [0.29, 0.717) is 36.0 Å². The number of hydrogen-bond acceptors (Lipinski definition) is 5. The minimum atomic E-state index is -0.426. The zero-order valence-corrected chi connectivity index (χ0v) is 21.5. The van der Waals surface area contributed by atoms with E-state index in [-0.39, 0.29) is 41.0 Å². The third-order valence-corrected chi connectivity index (χ3v) is 6.54. The van der Waals surface area contributed by atoms with Crippen LogP contribution in [0.4, 0.5) is 5.69 Å². The second-order valence-electron chi connectivity index (χ2n) is 8.04. The summed E-state index contributed by atoms with van der Waals surface area (Å²) in [6, 6.07) is 15.5. The normalized spacial score (nSPS) is 12.7. The van der Waals surface area contributed by atoms with Crippen molar-refractivity contribution in [1.82, 2.24) is 14.7 Å². The van der Waals surface area contributed by atoms with Crippen LogP contribution in [0.25, 0.3) is 10.8 Å². The fraction of sp³-hybridized carbons (Fsp3) is 0.167. The van der Waals surface area contributed by atoms with Crippen LogP contribution in [0.3, 0.4) is 0 Å². The molecule has 1 aliphatic rings. The summed E-state index contributed by atoms with van der Waals surface area (Å²) in [5, 5.41) is 16.7. The highest BCUT2D eigenvalue weighted by molar-refractivity contribution is 9.10. The Hall–Kier alpha value is -3.44. The quantitative estimate of drug-likeness (QED) is 0.135. The number of amides is 2. The summed E-state index contributed by atoms with van der Waals surface area (Å²) in [4.78, 5) is 37.8. The number of rotatable bonds is 7. The Kier molecular flexibility index (Phi) is 7.08. The lowest BCUT2D eigenvalue weighted by Crippen LogP contribution is -3.00. The van der Waals surface area contributed by atoms with Gasteiger partial charge in [0.05, 0.1) is 11.5 Å². The summed E-state index contributed by atoms with van der Waals surface area (Å²) in [5.41, 5.74) is 2.04. The Morgan fingerprint density at radius 3 is 2.40 bits per heavy atom. The number of halogens is 2. The van der Waals surface area contributed by atoms with E-state index in [9.17, 15) is 19.7 Å². The topological polar surface area (TPSA) is 102 Å². The summed E-state index contributed by atoms with van der Waals surface area (Å²) in [7, 11) is 0. The molecule has 11 heteroatoms. The first-order valence-corrected chi connectivity index (χ1v) is 11.4. The number of nitro benzene ring substituents is 1. The van der Waals surface area contributed by atoms with E-state index in [1.165, 1.54) is 17.0 Å². The van der Waals surface area contributed by atoms with Crippen molar-refractivity contribution < 1.29 is 36.1 Å². The molecular weight excluding hydrogens is 582 g/mol. The number of imide groups is 1. The molecule has 2 amide bonds. The summed E-state index contributed by atoms with van der Waals surface area (Å²) in [6.45, 7) is 1.34. The van der Waals surface area contributed by atoms with E-state index < -0.39 is 4.92 Å². The lowest BCUT2D eigenvalue weighted by Gasteiger charge is -2.27. The minimum Gasteiger partial charge on any atom is -1.00 e. The SMILES string of the molecule is O=C1c2cccc3c(Br)ccc(c23)C(=O)N1CCCn1c[n+](Cc2ccc([N+](=O)[O-])cc2)cn1.[Br-]. The predicted octanol–water partition coefficient (Wildman–Crippen LogP) is 0.733. The van der Waals surface area contributed by atoms with Crippen LogP contribution in [0.5, 0.6) is 0 Å². The number of non-ortho nitro benzene ring substituents is 1. The van der Waals surface area contributed by atoms with Gasteiger partial charge in [-0.2, -0.15) is 0 Å². The summed E-state index contributed by atoms with van der Waals surface area (Å²) >= 11 is 3.50. The second-order valence-corrected chi connectivity index (χ2v) is 8.90. The van der Waals surface area contributed by atoms with Crippen LogP contribution in [0.2, 0.25) is 0 Å². The number of nitro groups is 1. The van der Waals surface area contributed by atoms with Gasteiger partial charge in [-0.05, 0) is 47.7 Å². The van der Waals surface area contributed by atoms with E-state index in [0.717, 1.165) is 15.4 Å². The highest BCUT2D eigenvalue weighted by atomic mass is 79.9. The lowest BCUT2D eigenvalue weighted by molar-refractivity contribution is -0.689. The van der Waals surface area contributed by atoms with Crippen molar-refractivity contribution in [2.45, 2.75) is 19.5 Å². The molecule has 35 heavy (non-hydrogen) atoms. The molecule has 0 N–H and O–H groups in total. The third-order valence-electron chi connectivity index (χ3n) is 5.85. The fourth-order valence-corrected chi connectivity index (χ4v) is 4.66. The maximum Gasteiger partial charge on any atom is 0.269 e. The highest BCUT2D eigenvalue weighted by Gasteiger charge is 2.32. The fourth-order valence-electron chi connectivity index (χ4n) is 4.20. The van der Waals surface area contributed by atoms with E-state index in [1.54, 1.807) is 35.3 Å². The van der Waals surface area contributed by atoms with Gasteiger partial charge in [0.2, 0.25) is 6.33 Å². The van der Waals surface area contributed by atoms with Crippen molar-refractivity contribution in [2.75, 3.05) is 6.54 Å². The summed E-state index contributed by atoms with van der Waals surface area (Å²) in [5.74, 6) is -0.565. The first kappa shape index (κ1) is 24.7. The molecule has 1 aliphatic heterocycles. The average Bonchev–Trinajstić information content (AvgIpc) is 3.28.